The number of amides is 2. The van der Waals surface area contributed by atoms with E-state index in [0.717, 1.165) is 11.4 Å². The summed E-state index contributed by atoms with van der Waals surface area (Å²) in [7, 11) is 1.80. The number of aromatic nitrogens is 2. The van der Waals surface area contributed by atoms with E-state index in [4.69, 9.17) is 4.74 Å². The maximum atomic E-state index is 11.7. The quantitative estimate of drug-likeness (QED) is 0.615. The summed E-state index contributed by atoms with van der Waals surface area (Å²) in [6, 6.07) is 8.57. The second-order valence-electron chi connectivity index (χ2n) is 5.12. The molecule has 8 heteroatoms. The summed E-state index contributed by atoms with van der Waals surface area (Å²) in [5.41, 5.74) is 4.70. The van der Waals surface area contributed by atoms with Gasteiger partial charge in [-0.15, -0.1) is 0 Å². The van der Waals surface area contributed by atoms with Gasteiger partial charge in [-0.05, 0) is 37.3 Å². The smallest absolute Gasteiger partial charge is 0.277 e. The van der Waals surface area contributed by atoms with Gasteiger partial charge in [0.1, 0.15) is 5.75 Å². The number of rotatable bonds is 6. The third-order valence-corrected chi connectivity index (χ3v) is 2.97. The van der Waals surface area contributed by atoms with Crippen molar-refractivity contribution in [2.75, 3.05) is 11.9 Å². The fourth-order valence-electron chi connectivity index (χ4n) is 1.94. The van der Waals surface area contributed by atoms with Crippen LogP contribution in [0.1, 0.15) is 18.3 Å². The molecule has 2 N–H and O–H groups in total. The number of hydrazone groups is 1. The summed E-state index contributed by atoms with van der Waals surface area (Å²) in [6.45, 7) is 3.14. The monoisotopic (exact) mass is 329 g/mol. The van der Waals surface area contributed by atoms with Crippen LogP contribution in [0.2, 0.25) is 0 Å². The highest BCUT2D eigenvalue weighted by atomic mass is 16.5. The minimum atomic E-state index is -0.379. The minimum absolute atomic E-state index is 0.149. The van der Waals surface area contributed by atoms with Crippen molar-refractivity contribution in [3.05, 3.63) is 41.7 Å². The predicted molar refractivity (Wildman–Crippen MR) is 89.9 cm³/mol. The molecule has 24 heavy (non-hydrogen) atoms. The van der Waals surface area contributed by atoms with Crippen molar-refractivity contribution in [1.29, 1.82) is 0 Å². The maximum absolute atomic E-state index is 11.7. The molecule has 0 bridgehead atoms. The number of ether oxygens (including phenoxy) is 1. The highest BCUT2D eigenvalue weighted by molar-refractivity contribution is 5.88. The van der Waals surface area contributed by atoms with Crippen LogP contribution in [0.3, 0.4) is 0 Å². The Morgan fingerprint density at radius 2 is 2.04 bits per heavy atom. The van der Waals surface area contributed by atoms with Gasteiger partial charge >= 0.3 is 0 Å². The van der Waals surface area contributed by atoms with E-state index in [1.54, 1.807) is 36.0 Å². The molecule has 1 aromatic carbocycles. The molecule has 126 valence electrons. The first-order chi connectivity index (χ1) is 11.4. The first-order valence-corrected chi connectivity index (χ1v) is 7.27. The number of nitrogens with zero attached hydrogens (tertiary/aromatic N) is 3. The van der Waals surface area contributed by atoms with Gasteiger partial charge in [0.25, 0.3) is 5.91 Å². The lowest BCUT2D eigenvalue weighted by molar-refractivity contribution is -0.123. The molecule has 1 aromatic heterocycles. The van der Waals surface area contributed by atoms with Crippen molar-refractivity contribution in [2.45, 2.75) is 13.8 Å². The first kappa shape index (κ1) is 17.2. The van der Waals surface area contributed by atoms with Crippen molar-refractivity contribution in [2.24, 2.45) is 12.1 Å². The molecule has 2 aromatic rings. The normalized spacial score (nSPS) is 10.6. The fraction of sp³-hybridized carbons (Fsp3) is 0.250. The molecule has 0 aliphatic heterocycles. The Bertz CT molecular complexity index is 750. The Morgan fingerprint density at radius 3 is 2.62 bits per heavy atom. The average Bonchev–Trinajstić information content (AvgIpc) is 2.84. The van der Waals surface area contributed by atoms with Gasteiger partial charge in [-0.25, -0.2) is 5.43 Å². The third-order valence-electron chi connectivity index (χ3n) is 2.97. The van der Waals surface area contributed by atoms with E-state index in [1.165, 1.54) is 13.1 Å². The van der Waals surface area contributed by atoms with E-state index >= 15 is 0 Å². The molecule has 1 heterocycles. The summed E-state index contributed by atoms with van der Waals surface area (Å²) in [5, 5.41) is 10.7. The molecule has 0 fully saturated rings. The van der Waals surface area contributed by atoms with Crippen LogP contribution in [0.4, 0.5) is 5.69 Å². The Balaban J connectivity index is 1.78. The van der Waals surface area contributed by atoms with Gasteiger partial charge in [0.05, 0.1) is 17.6 Å². The average molecular weight is 329 g/mol. The standard InChI is InChI=1S/C16H19N5O3/c1-11-8-14(21(3)20-11)9-17-19-16(23)10-24-15-6-4-13(5-7-15)18-12(2)22/h4-9H,10H2,1-3H3,(H,18,22)(H,19,23)/b17-9-. The zero-order chi connectivity index (χ0) is 17.5. The zero-order valence-corrected chi connectivity index (χ0v) is 13.7. The summed E-state index contributed by atoms with van der Waals surface area (Å²) >= 11 is 0. The molecule has 2 rings (SSSR count). The van der Waals surface area contributed by atoms with Crippen molar-refractivity contribution in [1.82, 2.24) is 15.2 Å². The summed E-state index contributed by atoms with van der Waals surface area (Å²) in [4.78, 5) is 22.6. The van der Waals surface area contributed by atoms with Crippen molar-refractivity contribution < 1.29 is 14.3 Å². The topological polar surface area (TPSA) is 97.6 Å². The summed E-state index contributed by atoms with van der Waals surface area (Å²) in [5.74, 6) is -0.00825. The number of aryl methyl sites for hydroxylation is 2. The lowest BCUT2D eigenvalue weighted by Gasteiger charge is -2.06. The van der Waals surface area contributed by atoms with Crippen molar-refractivity contribution in [3.8, 4) is 5.75 Å². The zero-order valence-electron chi connectivity index (χ0n) is 13.7. The number of hydrogen-bond donors (Lipinski definition) is 2. The molecule has 0 atom stereocenters. The maximum Gasteiger partial charge on any atom is 0.277 e. The SMILES string of the molecule is CC(=O)Nc1ccc(OCC(=O)N/N=C\c2cc(C)nn2C)cc1. The van der Waals surface area contributed by atoms with Crippen molar-refractivity contribution in [3.63, 3.8) is 0 Å². The molecule has 0 unspecified atom stereocenters. The van der Waals surface area contributed by atoms with E-state index in [0.29, 0.717) is 11.4 Å². The highest BCUT2D eigenvalue weighted by Gasteiger charge is 2.03. The molecule has 0 aliphatic rings. The Kier molecular flexibility index (Phi) is 5.67. The van der Waals surface area contributed by atoms with E-state index < -0.39 is 0 Å². The Labute approximate surface area is 139 Å². The van der Waals surface area contributed by atoms with Crippen LogP contribution < -0.4 is 15.5 Å². The number of carbonyl (C=O) groups is 2. The lowest BCUT2D eigenvalue weighted by atomic mass is 10.3. The Hall–Kier alpha value is -3.16. The van der Waals surface area contributed by atoms with Gasteiger partial charge in [-0.3, -0.25) is 14.3 Å². The van der Waals surface area contributed by atoms with E-state index in [2.05, 4.69) is 20.9 Å². The molecular weight excluding hydrogens is 310 g/mol. The second-order valence-corrected chi connectivity index (χ2v) is 5.12. The van der Waals surface area contributed by atoms with Gasteiger partial charge in [-0.2, -0.15) is 10.2 Å². The lowest BCUT2D eigenvalue weighted by Crippen LogP contribution is -2.24. The van der Waals surface area contributed by atoms with Gasteiger partial charge in [-0.1, -0.05) is 0 Å². The molecule has 0 saturated carbocycles. The largest absolute Gasteiger partial charge is 0.484 e. The van der Waals surface area contributed by atoms with Crippen LogP contribution in [-0.2, 0) is 16.6 Å². The van der Waals surface area contributed by atoms with Gasteiger partial charge in [0.2, 0.25) is 5.91 Å². The molecular formula is C16H19N5O3. The first-order valence-electron chi connectivity index (χ1n) is 7.27. The van der Waals surface area contributed by atoms with Crippen LogP contribution in [0.25, 0.3) is 0 Å². The van der Waals surface area contributed by atoms with Gasteiger partial charge < -0.3 is 10.1 Å². The molecule has 0 spiro atoms. The number of benzene rings is 1. The summed E-state index contributed by atoms with van der Waals surface area (Å²) < 4.78 is 7.01. The third kappa shape index (κ3) is 5.24. The number of hydrogen-bond acceptors (Lipinski definition) is 5. The van der Waals surface area contributed by atoms with E-state index in [9.17, 15) is 9.59 Å². The van der Waals surface area contributed by atoms with Crippen LogP contribution in [0.5, 0.6) is 5.75 Å². The number of nitrogens with one attached hydrogen (secondary N) is 2. The van der Waals surface area contributed by atoms with Crippen LogP contribution in [0.15, 0.2) is 35.4 Å². The molecule has 0 aliphatic carbocycles. The minimum Gasteiger partial charge on any atom is -0.484 e. The molecule has 8 nitrogen and oxygen atoms in total. The predicted octanol–water partition coefficient (Wildman–Crippen LogP) is 1.22. The van der Waals surface area contributed by atoms with Gasteiger partial charge in [0, 0.05) is 19.7 Å². The fourth-order valence-corrected chi connectivity index (χ4v) is 1.94. The van der Waals surface area contributed by atoms with E-state index in [1.807, 2.05) is 13.0 Å². The van der Waals surface area contributed by atoms with Crippen molar-refractivity contribution >= 4 is 23.7 Å². The van der Waals surface area contributed by atoms with Gasteiger partial charge in [0.15, 0.2) is 6.61 Å². The van der Waals surface area contributed by atoms with Crippen LogP contribution in [0, 0.1) is 6.92 Å². The Morgan fingerprint density at radius 1 is 1.33 bits per heavy atom. The molecule has 0 saturated heterocycles. The number of anilines is 1. The second kappa shape index (κ2) is 7.91. The molecule has 0 radical (unpaired) electrons. The summed E-state index contributed by atoms with van der Waals surface area (Å²) in [6.07, 6.45) is 1.51. The van der Waals surface area contributed by atoms with Crippen LogP contribution in [-0.4, -0.2) is 34.4 Å². The van der Waals surface area contributed by atoms with E-state index in [-0.39, 0.29) is 18.4 Å². The number of carbonyl (C=O) groups excluding carboxylic acids is 2. The highest BCUT2D eigenvalue weighted by Crippen LogP contribution is 2.15. The van der Waals surface area contributed by atoms with Crippen LogP contribution >= 0.6 is 0 Å². The molecule has 2 amide bonds.